The summed E-state index contributed by atoms with van der Waals surface area (Å²) in [4.78, 5) is 13.4. The lowest BCUT2D eigenvalue weighted by molar-refractivity contribution is -0.119. The summed E-state index contributed by atoms with van der Waals surface area (Å²) in [6, 6.07) is 11.4. The van der Waals surface area contributed by atoms with E-state index < -0.39 is 15.8 Å². The summed E-state index contributed by atoms with van der Waals surface area (Å²) >= 11 is 3.33. The largest absolute Gasteiger partial charge is 0.493 e. The molecule has 0 fully saturated rings. The van der Waals surface area contributed by atoms with Crippen molar-refractivity contribution in [2.24, 2.45) is 11.1 Å². The van der Waals surface area contributed by atoms with Gasteiger partial charge in [-0.1, -0.05) is 35.8 Å². The average molecular weight is 562 g/mol. The standard InChI is InChI=1S/C26H28BrNO6S/c1-5-33-19-11-6-15(12-20(19)32-4)22-23-18(29)13-26(2,3)14-21(23)34-25(28)24(22)35(30,31)17-9-7-16(27)8-10-17/h6-12,22H,5,13-14,28H2,1-4H3/t22-/m1/s1. The molecule has 35 heavy (non-hydrogen) atoms. The molecule has 0 saturated heterocycles. The van der Waals surface area contributed by atoms with Gasteiger partial charge in [0.05, 0.1) is 24.5 Å². The van der Waals surface area contributed by atoms with Crippen molar-refractivity contribution in [2.45, 2.75) is 44.4 Å². The Hall–Kier alpha value is -2.78. The van der Waals surface area contributed by atoms with Crippen molar-refractivity contribution in [1.82, 2.24) is 0 Å². The molecule has 1 aliphatic heterocycles. The Balaban J connectivity index is 1.96. The van der Waals surface area contributed by atoms with Gasteiger partial charge in [0, 0.05) is 22.9 Å². The van der Waals surface area contributed by atoms with E-state index in [0.717, 1.165) is 4.47 Å². The van der Waals surface area contributed by atoms with Crippen LogP contribution in [-0.2, 0) is 19.4 Å². The normalized spacial score (nSPS) is 19.8. The highest BCUT2D eigenvalue weighted by Crippen LogP contribution is 2.51. The first-order valence-corrected chi connectivity index (χ1v) is 13.5. The van der Waals surface area contributed by atoms with Crippen molar-refractivity contribution in [3.05, 3.63) is 74.6 Å². The number of hydrogen-bond acceptors (Lipinski definition) is 7. The van der Waals surface area contributed by atoms with Gasteiger partial charge in [0.15, 0.2) is 17.3 Å². The average Bonchev–Trinajstić information content (AvgIpc) is 2.78. The zero-order valence-electron chi connectivity index (χ0n) is 20.1. The van der Waals surface area contributed by atoms with Gasteiger partial charge in [-0.3, -0.25) is 4.79 Å². The molecule has 1 aliphatic carbocycles. The lowest BCUT2D eigenvalue weighted by Gasteiger charge is -2.38. The smallest absolute Gasteiger partial charge is 0.208 e. The third kappa shape index (κ3) is 4.71. The van der Waals surface area contributed by atoms with E-state index in [9.17, 15) is 13.2 Å². The monoisotopic (exact) mass is 561 g/mol. The van der Waals surface area contributed by atoms with Crippen LogP contribution in [0.4, 0.5) is 0 Å². The number of rotatable bonds is 6. The molecule has 1 atom stereocenters. The van der Waals surface area contributed by atoms with Crippen LogP contribution < -0.4 is 15.2 Å². The number of methoxy groups -OCH3 is 1. The van der Waals surface area contributed by atoms with Gasteiger partial charge in [0.25, 0.3) is 0 Å². The Morgan fingerprint density at radius 3 is 2.43 bits per heavy atom. The lowest BCUT2D eigenvalue weighted by atomic mass is 9.72. The fourth-order valence-electron chi connectivity index (χ4n) is 4.63. The first-order chi connectivity index (χ1) is 16.5. The second-order valence-corrected chi connectivity index (χ2v) is 12.2. The highest BCUT2D eigenvalue weighted by molar-refractivity contribution is 9.10. The Morgan fingerprint density at radius 2 is 1.80 bits per heavy atom. The second kappa shape index (κ2) is 9.35. The van der Waals surface area contributed by atoms with Crippen molar-refractivity contribution >= 4 is 31.6 Å². The number of ether oxygens (including phenoxy) is 3. The second-order valence-electron chi connectivity index (χ2n) is 9.34. The number of sulfone groups is 1. The number of carbonyl (C=O) groups is 1. The molecule has 2 N–H and O–H groups in total. The maximum atomic E-state index is 13.9. The molecule has 0 amide bonds. The molecule has 2 aliphatic rings. The molecule has 0 unspecified atom stereocenters. The van der Waals surface area contributed by atoms with E-state index in [-0.39, 0.29) is 33.3 Å². The van der Waals surface area contributed by atoms with Gasteiger partial charge in [-0.05, 0) is 54.3 Å². The van der Waals surface area contributed by atoms with Crippen molar-refractivity contribution in [1.29, 1.82) is 0 Å². The van der Waals surface area contributed by atoms with Crippen molar-refractivity contribution in [3.8, 4) is 11.5 Å². The summed E-state index contributed by atoms with van der Waals surface area (Å²) in [6.45, 7) is 6.24. The molecular weight excluding hydrogens is 534 g/mol. The summed E-state index contributed by atoms with van der Waals surface area (Å²) in [5.74, 6) is 0.0305. The van der Waals surface area contributed by atoms with Gasteiger partial charge in [-0.15, -0.1) is 0 Å². The van der Waals surface area contributed by atoms with E-state index in [1.807, 2.05) is 20.8 Å². The maximum absolute atomic E-state index is 13.9. The molecule has 186 valence electrons. The lowest BCUT2D eigenvalue weighted by Crippen LogP contribution is -2.35. The van der Waals surface area contributed by atoms with Crippen LogP contribution in [-0.4, -0.2) is 27.9 Å². The van der Waals surface area contributed by atoms with Gasteiger partial charge in [-0.2, -0.15) is 0 Å². The highest BCUT2D eigenvalue weighted by Gasteiger charge is 2.46. The van der Waals surface area contributed by atoms with Crippen LogP contribution in [0.5, 0.6) is 11.5 Å². The summed E-state index contributed by atoms with van der Waals surface area (Å²) < 4.78 is 45.6. The summed E-state index contributed by atoms with van der Waals surface area (Å²) in [7, 11) is -2.61. The summed E-state index contributed by atoms with van der Waals surface area (Å²) in [6.07, 6.45) is 0.733. The predicted molar refractivity (Wildman–Crippen MR) is 136 cm³/mol. The van der Waals surface area contributed by atoms with Gasteiger partial charge in [-0.25, -0.2) is 8.42 Å². The van der Waals surface area contributed by atoms with Crippen LogP contribution in [0.3, 0.4) is 0 Å². The van der Waals surface area contributed by atoms with Crippen LogP contribution in [0.2, 0.25) is 0 Å². The Labute approximate surface area is 214 Å². The minimum absolute atomic E-state index is 0.0535. The van der Waals surface area contributed by atoms with Crippen LogP contribution in [0.15, 0.2) is 74.0 Å². The molecule has 1 heterocycles. The van der Waals surface area contributed by atoms with Gasteiger partial charge in [0.1, 0.15) is 10.7 Å². The molecule has 4 rings (SSSR count). The van der Waals surface area contributed by atoms with Crippen molar-refractivity contribution < 1.29 is 27.4 Å². The number of benzene rings is 2. The number of hydrogen-bond donors (Lipinski definition) is 1. The topological polar surface area (TPSA) is 105 Å². The minimum Gasteiger partial charge on any atom is -0.493 e. The fourth-order valence-corrected chi connectivity index (χ4v) is 6.52. The number of nitrogens with two attached hydrogens (primary N) is 1. The van der Waals surface area contributed by atoms with Crippen molar-refractivity contribution in [2.75, 3.05) is 13.7 Å². The molecule has 0 saturated carbocycles. The number of allylic oxidation sites excluding steroid dienone is 3. The molecule has 9 heteroatoms. The predicted octanol–water partition coefficient (Wildman–Crippen LogP) is 5.22. The van der Waals surface area contributed by atoms with E-state index in [2.05, 4.69) is 15.9 Å². The zero-order valence-corrected chi connectivity index (χ0v) is 22.5. The van der Waals surface area contributed by atoms with E-state index in [1.165, 1.54) is 19.2 Å². The molecular formula is C26H28BrNO6S. The Kier molecular flexibility index (Phi) is 6.76. The third-order valence-electron chi connectivity index (χ3n) is 6.14. The molecule has 0 aromatic heterocycles. The van der Waals surface area contributed by atoms with Crippen molar-refractivity contribution in [3.63, 3.8) is 0 Å². The molecule has 2 aromatic rings. The first-order valence-electron chi connectivity index (χ1n) is 11.2. The zero-order chi connectivity index (χ0) is 25.5. The molecule has 0 bridgehead atoms. The number of carbonyl (C=O) groups excluding carboxylic acids is 1. The molecule has 0 spiro atoms. The van der Waals surface area contributed by atoms with Gasteiger partial charge >= 0.3 is 0 Å². The fraction of sp³-hybridized carbons (Fsp3) is 0.346. The summed E-state index contributed by atoms with van der Waals surface area (Å²) in [5, 5.41) is 0. The number of ketones is 1. The summed E-state index contributed by atoms with van der Waals surface area (Å²) in [5.41, 5.74) is 6.85. The first kappa shape index (κ1) is 25.3. The van der Waals surface area contributed by atoms with Crippen LogP contribution in [0, 0.1) is 5.41 Å². The third-order valence-corrected chi connectivity index (χ3v) is 8.58. The Morgan fingerprint density at radius 1 is 1.11 bits per heavy atom. The van der Waals surface area contributed by atoms with E-state index in [4.69, 9.17) is 19.9 Å². The van der Waals surface area contributed by atoms with Crippen LogP contribution >= 0.6 is 15.9 Å². The molecule has 0 radical (unpaired) electrons. The van der Waals surface area contributed by atoms with Crippen LogP contribution in [0.1, 0.15) is 45.1 Å². The number of halogens is 1. The quantitative estimate of drug-likeness (QED) is 0.515. The van der Waals surface area contributed by atoms with Gasteiger partial charge < -0.3 is 19.9 Å². The maximum Gasteiger partial charge on any atom is 0.208 e. The van der Waals surface area contributed by atoms with E-state index >= 15 is 0 Å². The van der Waals surface area contributed by atoms with E-state index in [1.54, 1.807) is 30.3 Å². The van der Waals surface area contributed by atoms with Crippen LogP contribution in [0.25, 0.3) is 0 Å². The number of Topliss-reactive ketones (excluding diaryl/α,β-unsaturated/α-hetero) is 1. The molecule has 7 nitrogen and oxygen atoms in total. The van der Waals surface area contributed by atoms with E-state index in [0.29, 0.717) is 41.4 Å². The SMILES string of the molecule is CCOc1ccc([C@@H]2C3=C(CC(C)(C)CC3=O)OC(N)=C2S(=O)(=O)c2ccc(Br)cc2)cc1OC. The Bertz CT molecular complexity index is 1340. The minimum atomic E-state index is -4.12. The molecule has 2 aromatic carbocycles. The van der Waals surface area contributed by atoms with Gasteiger partial charge in [0.2, 0.25) is 15.7 Å². The highest BCUT2D eigenvalue weighted by atomic mass is 79.9.